The smallest absolute Gasteiger partial charge is 0.362 e. The number of carbonyl (C=O) groups is 3. The largest absolute Gasteiger partial charge is 0.463 e. The van der Waals surface area contributed by atoms with Crippen molar-refractivity contribution in [3.8, 4) is 0 Å². The minimum atomic E-state index is -0.984. The molecule has 3 rings (SSSR count). The van der Waals surface area contributed by atoms with Gasteiger partial charge in [-0.3, -0.25) is 4.79 Å². The first-order chi connectivity index (χ1) is 17.5. The first-order valence-electron chi connectivity index (χ1n) is 12.6. The van der Waals surface area contributed by atoms with E-state index in [9.17, 15) is 14.4 Å². The van der Waals surface area contributed by atoms with Crippen molar-refractivity contribution in [2.24, 2.45) is 5.16 Å². The van der Waals surface area contributed by atoms with Gasteiger partial charge in [0.1, 0.15) is 0 Å². The van der Waals surface area contributed by atoms with Crippen LogP contribution in [0, 0.1) is 0 Å². The Bertz CT molecular complexity index is 1170. The maximum atomic E-state index is 13.2. The molecule has 37 heavy (non-hydrogen) atoms. The molecule has 0 aromatic heterocycles. The van der Waals surface area contributed by atoms with Crippen LogP contribution in [0.25, 0.3) is 0 Å². The van der Waals surface area contributed by atoms with Crippen molar-refractivity contribution in [3.63, 3.8) is 0 Å². The first kappa shape index (κ1) is 27.9. The molecule has 1 amide bonds. The Morgan fingerprint density at radius 3 is 2.19 bits per heavy atom. The van der Waals surface area contributed by atoms with E-state index < -0.39 is 23.9 Å². The number of nitrogens with one attached hydrogen (secondary N) is 1. The lowest BCUT2D eigenvalue weighted by Gasteiger charge is -2.42. The van der Waals surface area contributed by atoms with Crippen LogP contribution < -0.4 is 5.48 Å². The van der Waals surface area contributed by atoms with Crippen LogP contribution in [-0.2, 0) is 34.8 Å². The number of hydrogen-bond acceptors (Lipinski definition) is 7. The topological polar surface area (TPSA) is 103 Å². The molecule has 0 aliphatic heterocycles. The number of hydrogen-bond donors (Lipinski definition) is 1. The normalized spacial score (nSPS) is 16.6. The number of carbonyl (C=O) groups excluding carboxylic acids is 3. The van der Waals surface area contributed by atoms with E-state index >= 15 is 0 Å². The number of amides is 1. The second-order valence-corrected chi connectivity index (χ2v) is 10.4. The summed E-state index contributed by atoms with van der Waals surface area (Å²) in [7, 11) is 0. The molecule has 1 atom stereocenters. The van der Waals surface area contributed by atoms with Crippen molar-refractivity contribution >= 4 is 23.6 Å². The maximum Gasteiger partial charge on any atom is 0.362 e. The molecule has 2 aromatic carbocycles. The first-order valence-corrected chi connectivity index (χ1v) is 12.6. The van der Waals surface area contributed by atoms with E-state index in [-0.39, 0.29) is 28.7 Å². The van der Waals surface area contributed by atoms with Crippen molar-refractivity contribution < 1.29 is 28.8 Å². The van der Waals surface area contributed by atoms with Crippen LogP contribution in [0.1, 0.15) is 87.9 Å². The Morgan fingerprint density at radius 2 is 1.57 bits per heavy atom. The highest BCUT2D eigenvalue weighted by Crippen LogP contribution is 2.45. The number of rotatable bonds is 8. The number of oxime groups is 1. The molecule has 0 heterocycles. The van der Waals surface area contributed by atoms with Crippen LogP contribution in [0.5, 0.6) is 0 Å². The lowest BCUT2D eigenvalue weighted by Crippen LogP contribution is -2.36. The van der Waals surface area contributed by atoms with Gasteiger partial charge in [0.15, 0.2) is 5.71 Å². The number of ether oxygens (including phenoxy) is 1. The third-order valence-electron chi connectivity index (χ3n) is 6.78. The summed E-state index contributed by atoms with van der Waals surface area (Å²) in [5, 5.41) is 4.06. The second-order valence-electron chi connectivity index (χ2n) is 10.4. The molecule has 1 N–H and O–H groups in total. The molecular weight excluding hydrogens is 472 g/mol. The highest BCUT2D eigenvalue weighted by Gasteiger charge is 2.37. The van der Waals surface area contributed by atoms with Crippen LogP contribution in [0.3, 0.4) is 0 Å². The van der Waals surface area contributed by atoms with Gasteiger partial charge in [-0.05, 0) is 66.3 Å². The van der Waals surface area contributed by atoms with Gasteiger partial charge in [0.2, 0.25) is 6.10 Å². The second kappa shape index (κ2) is 11.6. The van der Waals surface area contributed by atoms with Gasteiger partial charge in [0.25, 0.3) is 0 Å². The fourth-order valence-corrected chi connectivity index (χ4v) is 4.37. The zero-order chi connectivity index (χ0) is 27.2. The fraction of sp³-hybridized carbons (Fsp3) is 0.448. The molecule has 0 spiro atoms. The summed E-state index contributed by atoms with van der Waals surface area (Å²) in [6, 6.07) is 14.0. The minimum Gasteiger partial charge on any atom is -0.463 e. The van der Waals surface area contributed by atoms with Crippen molar-refractivity contribution in [2.75, 3.05) is 6.61 Å². The van der Waals surface area contributed by atoms with E-state index in [0.717, 1.165) is 18.4 Å². The van der Waals surface area contributed by atoms with E-state index in [1.54, 1.807) is 50.2 Å². The lowest BCUT2D eigenvalue weighted by atomic mass is 9.63. The van der Waals surface area contributed by atoms with Crippen molar-refractivity contribution in [2.45, 2.75) is 77.7 Å². The molecule has 198 valence electrons. The lowest BCUT2D eigenvalue weighted by molar-refractivity contribution is -0.157. The molecule has 2 aromatic rings. The molecule has 1 unspecified atom stereocenters. The highest BCUT2D eigenvalue weighted by atomic mass is 16.7. The summed E-state index contributed by atoms with van der Waals surface area (Å²) in [4.78, 5) is 48.3. The Labute approximate surface area is 218 Å². The third kappa shape index (κ3) is 6.56. The van der Waals surface area contributed by atoms with Crippen LogP contribution in [0.15, 0.2) is 53.7 Å². The summed E-state index contributed by atoms with van der Waals surface area (Å²) in [5.74, 6) is -2.08. The fourth-order valence-electron chi connectivity index (χ4n) is 4.37. The monoisotopic (exact) mass is 508 g/mol. The molecule has 0 fully saturated rings. The van der Waals surface area contributed by atoms with Crippen molar-refractivity contribution in [3.05, 3.63) is 70.8 Å². The average molecular weight is 509 g/mol. The van der Waals surface area contributed by atoms with E-state index in [0.29, 0.717) is 12.0 Å². The molecule has 1 aliphatic carbocycles. The Kier molecular flexibility index (Phi) is 8.73. The van der Waals surface area contributed by atoms with E-state index in [1.807, 2.05) is 12.1 Å². The van der Waals surface area contributed by atoms with E-state index in [1.165, 1.54) is 5.56 Å². The van der Waals surface area contributed by atoms with Gasteiger partial charge in [0.05, 0.1) is 12.2 Å². The third-order valence-corrected chi connectivity index (χ3v) is 6.78. The van der Waals surface area contributed by atoms with Gasteiger partial charge in [-0.1, -0.05) is 70.1 Å². The summed E-state index contributed by atoms with van der Waals surface area (Å²) < 4.78 is 5.04. The number of hydroxylamine groups is 1. The number of fused-ring (bicyclic) bond motifs is 1. The minimum absolute atomic E-state index is 0.0120. The Balaban J connectivity index is 1.95. The highest BCUT2D eigenvalue weighted by molar-refractivity contribution is 6.45. The van der Waals surface area contributed by atoms with Crippen LogP contribution in [0.2, 0.25) is 0 Å². The summed E-state index contributed by atoms with van der Waals surface area (Å²) >= 11 is 0. The van der Waals surface area contributed by atoms with Crippen molar-refractivity contribution in [1.82, 2.24) is 5.48 Å². The zero-order valence-corrected chi connectivity index (χ0v) is 22.4. The van der Waals surface area contributed by atoms with Crippen molar-refractivity contribution in [1.29, 1.82) is 0 Å². The standard InChI is InChI=1S/C29H36N2O6/c1-7-23(27(34)35-8-2)36-30-24(25(32)31-37-26(33)19-12-10-9-11-13-19)20-14-15-21-22(18-20)29(5,6)17-16-28(21,3)4/h9-15,18,23H,7-8,16-17H2,1-6H3,(H,31,32). The maximum absolute atomic E-state index is 13.2. The number of benzene rings is 2. The van der Waals surface area contributed by atoms with Crippen LogP contribution in [-0.4, -0.2) is 36.3 Å². The summed E-state index contributed by atoms with van der Waals surface area (Å²) in [6.07, 6.45) is 1.35. The predicted octanol–water partition coefficient (Wildman–Crippen LogP) is 4.99. The molecule has 0 saturated heterocycles. The van der Waals surface area contributed by atoms with Gasteiger partial charge < -0.3 is 14.4 Å². The molecule has 0 bridgehead atoms. The van der Waals surface area contributed by atoms with E-state index in [2.05, 4.69) is 38.3 Å². The Hall–Kier alpha value is -3.68. The zero-order valence-electron chi connectivity index (χ0n) is 22.4. The van der Waals surface area contributed by atoms with Crippen LogP contribution in [0.4, 0.5) is 0 Å². The predicted molar refractivity (Wildman–Crippen MR) is 140 cm³/mol. The SMILES string of the molecule is CCOC(=O)C(CC)ON=C(C(=O)NOC(=O)c1ccccc1)c1ccc2c(c1)C(C)(C)CCC2(C)C. The van der Waals surface area contributed by atoms with Gasteiger partial charge in [0, 0.05) is 5.56 Å². The Morgan fingerprint density at radius 1 is 0.919 bits per heavy atom. The quantitative estimate of drug-likeness (QED) is 0.306. The van der Waals surface area contributed by atoms with E-state index in [4.69, 9.17) is 14.4 Å². The van der Waals surface area contributed by atoms with Gasteiger partial charge in [-0.15, -0.1) is 0 Å². The number of nitrogens with zero attached hydrogens (tertiary/aromatic N) is 1. The molecule has 0 radical (unpaired) electrons. The summed E-state index contributed by atoms with van der Waals surface area (Å²) in [6.45, 7) is 12.4. The van der Waals surface area contributed by atoms with Gasteiger partial charge in [-0.2, -0.15) is 5.48 Å². The molecular formula is C29H36N2O6. The number of esters is 1. The summed E-state index contributed by atoms with van der Waals surface area (Å²) in [5.41, 5.74) is 5.02. The molecule has 8 heteroatoms. The average Bonchev–Trinajstić information content (AvgIpc) is 2.88. The van der Waals surface area contributed by atoms with Gasteiger partial charge >= 0.3 is 17.8 Å². The molecule has 8 nitrogen and oxygen atoms in total. The van der Waals surface area contributed by atoms with Gasteiger partial charge in [-0.25, -0.2) is 9.59 Å². The molecule has 1 aliphatic rings. The molecule has 0 saturated carbocycles. The van der Waals surface area contributed by atoms with Crippen LogP contribution >= 0.6 is 0 Å².